The molecule has 96 valence electrons. The Kier molecular flexibility index (Phi) is 3.71. The van der Waals surface area contributed by atoms with E-state index in [2.05, 4.69) is 18.3 Å². The number of carbonyl (C=O) groups excluding carboxylic acids is 1. The van der Waals surface area contributed by atoms with Crippen molar-refractivity contribution in [2.45, 2.75) is 59.1 Å². The molecule has 0 heterocycles. The van der Waals surface area contributed by atoms with E-state index in [1.165, 1.54) is 0 Å². The summed E-state index contributed by atoms with van der Waals surface area (Å²) in [5.41, 5.74) is -0.527. The van der Waals surface area contributed by atoms with Gasteiger partial charge in [0.1, 0.15) is 5.60 Å². The van der Waals surface area contributed by atoms with E-state index in [0.717, 1.165) is 12.8 Å². The van der Waals surface area contributed by atoms with Crippen LogP contribution in [0.5, 0.6) is 0 Å². The molecular weight excluding hydrogens is 216 g/mol. The van der Waals surface area contributed by atoms with Crippen LogP contribution in [-0.4, -0.2) is 17.7 Å². The molecule has 0 spiro atoms. The van der Waals surface area contributed by atoms with Crippen LogP contribution in [0.15, 0.2) is 0 Å². The molecule has 1 aliphatic rings. The zero-order valence-electron chi connectivity index (χ0n) is 11.3. The first kappa shape index (κ1) is 13.8. The summed E-state index contributed by atoms with van der Waals surface area (Å²) in [6.07, 6.45) is 1.39. The number of nitrogens with one attached hydrogen (secondary N) is 1. The van der Waals surface area contributed by atoms with Gasteiger partial charge in [0, 0.05) is 11.5 Å². The summed E-state index contributed by atoms with van der Waals surface area (Å²) < 4.78 is 5.21. The van der Waals surface area contributed by atoms with Gasteiger partial charge in [0.2, 0.25) is 0 Å². The zero-order chi connectivity index (χ0) is 13.3. The molecule has 0 aromatic heterocycles. The largest absolute Gasteiger partial charge is 0.444 e. The average molecular weight is 238 g/mol. The lowest BCUT2D eigenvalue weighted by Crippen LogP contribution is -2.36. The second-order valence-corrected chi connectivity index (χ2v) is 5.84. The summed E-state index contributed by atoms with van der Waals surface area (Å²) in [4.78, 5) is 11.6. The number of ether oxygens (including phenoxy) is 1. The zero-order valence-corrected chi connectivity index (χ0v) is 11.3. The summed E-state index contributed by atoms with van der Waals surface area (Å²) in [6, 6.07) is 2.36. The van der Waals surface area contributed by atoms with Crippen molar-refractivity contribution in [1.82, 2.24) is 5.32 Å². The number of amides is 1. The van der Waals surface area contributed by atoms with Gasteiger partial charge in [-0.05, 0) is 40.5 Å². The van der Waals surface area contributed by atoms with Crippen molar-refractivity contribution in [2.75, 3.05) is 0 Å². The summed E-state index contributed by atoms with van der Waals surface area (Å²) in [6.45, 7) is 9.49. The molecule has 0 saturated heterocycles. The summed E-state index contributed by atoms with van der Waals surface area (Å²) in [7, 11) is 0. The van der Waals surface area contributed by atoms with Crippen LogP contribution in [0.2, 0.25) is 0 Å². The summed E-state index contributed by atoms with van der Waals surface area (Å²) in [5, 5.41) is 11.8. The van der Waals surface area contributed by atoms with Gasteiger partial charge in [0.05, 0.1) is 12.0 Å². The minimum absolute atomic E-state index is 0.0348. The van der Waals surface area contributed by atoms with E-state index in [4.69, 9.17) is 10.00 Å². The van der Waals surface area contributed by atoms with E-state index in [9.17, 15) is 4.79 Å². The fourth-order valence-corrected chi connectivity index (χ4v) is 2.27. The lowest BCUT2D eigenvalue weighted by molar-refractivity contribution is 0.0513. The van der Waals surface area contributed by atoms with Gasteiger partial charge in [0.15, 0.2) is 0 Å². The lowest BCUT2D eigenvalue weighted by atomic mass is 9.88. The number of hydrogen-bond acceptors (Lipinski definition) is 3. The van der Waals surface area contributed by atoms with Gasteiger partial charge in [-0.2, -0.15) is 5.26 Å². The lowest BCUT2D eigenvalue weighted by Gasteiger charge is -2.22. The average Bonchev–Trinajstić information content (AvgIpc) is 2.88. The number of nitriles is 1. The normalized spacial score (nSPS) is 29.1. The molecule has 1 aliphatic carbocycles. The van der Waals surface area contributed by atoms with Crippen molar-refractivity contribution in [3.8, 4) is 6.07 Å². The highest BCUT2D eigenvalue weighted by molar-refractivity contribution is 5.69. The minimum Gasteiger partial charge on any atom is -0.444 e. The molecule has 0 radical (unpaired) electrons. The molecule has 4 heteroatoms. The Bertz CT molecular complexity index is 340. The van der Waals surface area contributed by atoms with Crippen LogP contribution >= 0.6 is 0 Å². The Morgan fingerprint density at radius 3 is 2.65 bits per heavy atom. The fourth-order valence-electron chi connectivity index (χ4n) is 2.27. The molecule has 0 aromatic rings. The van der Waals surface area contributed by atoms with E-state index < -0.39 is 5.60 Å². The van der Waals surface area contributed by atoms with Crippen LogP contribution in [0.4, 0.5) is 4.79 Å². The third kappa shape index (κ3) is 3.12. The van der Waals surface area contributed by atoms with Crippen LogP contribution < -0.4 is 5.32 Å². The van der Waals surface area contributed by atoms with E-state index in [-0.39, 0.29) is 23.5 Å². The second kappa shape index (κ2) is 4.56. The second-order valence-electron chi connectivity index (χ2n) is 5.84. The molecule has 1 N–H and O–H groups in total. The van der Waals surface area contributed by atoms with Gasteiger partial charge in [-0.3, -0.25) is 0 Å². The third-order valence-electron chi connectivity index (χ3n) is 3.52. The van der Waals surface area contributed by atoms with Crippen LogP contribution in [0, 0.1) is 22.7 Å². The minimum atomic E-state index is -0.477. The molecule has 3 atom stereocenters. The monoisotopic (exact) mass is 238 g/mol. The standard InChI is InChI=1S/C13H22N2O2/c1-6-13(9(2)8-14)7-10(13)15-11(16)17-12(3,4)5/h9-10H,6-7H2,1-5H3,(H,15,16). The van der Waals surface area contributed by atoms with Crippen molar-refractivity contribution in [3.63, 3.8) is 0 Å². The molecule has 1 fully saturated rings. The van der Waals surface area contributed by atoms with E-state index in [0.29, 0.717) is 0 Å². The molecule has 0 bridgehead atoms. The Hall–Kier alpha value is -1.24. The number of alkyl carbamates (subject to hydrolysis) is 1. The van der Waals surface area contributed by atoms with Crippen molar-refractivity contribution in [3.05, 3.63) is 0 Å². The molecule has 4 nitrogen and oxygen atoms in total. The predicted molar refractivity (Wildman–Crippen MR) is 65.3 cm³/mol. The molecular formula is C13H22N2O2. The Morgan fingerprint density at radius 2 is 2.24 bits per heavy atom. The Morgan fingerprint density at radius 1 is 1.65 bits per heavy atom. The quantitative estimate of drug-likeness (QED) is 0.822. The van der Waals surface area contributed by atoms with E-state index in [1.807, 2.05) is 27.7 Å². The predicted octanol–water partition coefficient (Wildman–Crippen LogP) is 2.84. The first-order valence-electron chi connectivity index (χ1n) is 6.14. The van der Waals surface area contributed by atoms with E-state index >= 15 is 0 Å². The van der Waals surface area contributed by atoms with Gasteiger partial charge in [-0.25, -0.2) is 4.79 Å². The number of carbonyl (C=O) groups is 1. The van der Waals surface area contributed by atoms with Crippen molar-refractivity contribution < 1.29 is 9.53 Å². The maximum Gasteiger partial charge on any atom is 0.407 e. The molecule has 1 rings (SSSR count). The SMILES string of the molecule is CCC1(C(C)C#N)CC1NC(=O)OC(C)(C)C. The van der Waals surface area contributed by atoms with Crippen molar-refractivity contribution in [2.24, 2.45) is 11.3 Å². The molecule has 17 heavy (non-hydrogen) atoms. The highest BCUT2D eigenvalue weighted by Gasteiger charge is 2.57. The van der Waals surface area contributed by atoms with Crippen LogP contribution in [-0.2, 0) is 4.74 Å². The molecule has 1 saturated carbocycles. The third-order valence-corrected chi connectivity index (χ3v) is 3.52. The fraction of sp³-hybridized carbons (Fsp3) is 0.846. The maximum atomic E-state index is 11.6. The summed E-state index contributed by atoms with van der Waals surface area (Å²) >= 11 is 0. The van der Waals surface area contributed by atoms with Gasteiger partial charge >= 0.3 is 6.09 Å². The molecule has 0 aromatic carbocycles. The highest BCUT2D eigenvalue weighted by Crippen LogP contribution is 2.54. The molecule has 3 unspecified atom stereocenters. The van der Waals surface area contributed by atoms with E-state index in [1.54, 1.807) is 0 Å². The van der Waals surface area contributed by atoms with Gasteiger partial charge in [-0.15, -0.1) is 0 Å². The van der Waals surface area contributed by atoms with Crippen LogP contribution in [0.3, 0.4) is 0 Å². The van der Waals surface area contributed by atoms with Crippen molar-refractivity contribution >= 4 is 6.09 Å². The smallest absolute Gasteiger partial charge is 0.407 e. The topological polar surface area (TPSA) is 62.1 Å². The van der Waals surface area contributed by atoms with Crippen molar-refractivity contribution in [1.29, 1.82) is 5.26 Å². The molecule has 1 amide bonds. The Balaban J connectivity index is 2.52. The van der Waals surface area contributed by atoms with Crippen LogP contribution in [0.1, 0.15) is 47.5 Å². The first-order chi connectivity index (χ1) is 7.75. The number of rotatable bonds is 3. The van der Waals surface area contributed by atoms with Gasteiger partial charge < -0.3 is 10.1 Å². The van der Waals surface area contributed by atoms with Gasteiger partial charge in [0.25, 0.3) is 0 Å². The first-order valence-corrected chi connectivity index (χ1v) is 6.14. The highest BCUT2D eigenvalue weighted by atomic mass is 16.6. The maximum absolute atomic E-state index is 11.6. The number of hydrogen-bond donors (Lipinski definition) is 1. The summed E-state index contributed by atoms with van der Waals surface area (Å²) in [5.74, 6) is -0.0348. The molecule has 0 aliphatic heterocycles. The van der Waals surface area contributed by atoms with Crippen LogP contribution in [0.25, 0.3) is 0 Å². The Labute approximate surface area is 103 Å². The number of nitrogens with zero attached hydrogens (tertiary/aromatic N) is 1. The van der Waals surface area contributed by atoms with Gasteiger partial charge in [-0.1, -0.05) is 6.92 Å².